The van der Waals surface area contributed by atoms with Crippen molar-refractivity contribution in [2.75, 3.05) is 5.32 Å². The zero-order valence-electron chi connectivity index (χ0n) is 11.6. The second-order valence-electron chi connectivity index (χ2n) is 5.16. The summed E-state index contributed by atoms with van der Waals surface area (Å²) in [7, 11) is 0. The number of benzene rings is 1. The number of aromatic amines is 1. The third-order valence-corrected chi connectivity index (χ3v) is 2.96. The van der Waals surface area contributed by atoms with Gasteiger partial charge < -0.3 is 19.8 Å². The van der Waals surface area contributed by atoms with Crippen molar-refractivity contribution in [3.05, 3.63) is 52.4 Å². The van der Waals surface area contributed by atoms with Gasteiger partial charge in [0.05, 0.1) is 5.56 Å². The number of pyridine rings is 1. The van der Waals surface area contributed by atoms with Crippen LogP contribution >= 0.6 is 0 Å². The first kappa shape index (κ1) is 13.2. The Morgan fingerprint density at radius 3 is 2.62 bits per heavy atom. The molecular formula is C15H14N2O4. The molecule has 0 bridgehead atoms. The minimum absolute atomic E-state index is 0.253. The van der Waals surface area contributed by atoms with E-state index in [1.165, 1.54) is 18.3 Å². The SMILES string of the molecule is CC1(C)Oc2ccc(NC(=O)c3ccc(=O)[nH]c3)cc2O1. The highest BCUT2D eigenvalue weighted by Crippen LogP contribution is 2.40. The quantitative estimate of drug-likeness (QED) is 0.886. The average molecular weight is 286 g/mol. The number of carbonyl (C=O) groups excluding carboxylic acids is 1. The summed E-state index contributed by atoms with van der Waals surface area (Å²) in [5.74, 6) is 0.204. The molecule has 0 atom stereocenters. The van der Waals surface area contributed by atoms with Crippen LogP contribution in [-0.4, -0.2) is 16.7 Å². The van der Waals surface area contributed by atoms with E-state index in [0.717, 1.165) is 0 Å². The van der Waals surface area contributed by atoms with Crippen LogP contribution in [0, 0.1) is 0 Å². The van der Waals surface area contributed by atoms with Crippen molar-refractivity contribution < 1.29 is 14.3 Å². The number of fused-ring (bicyclic) bond motifs is 1. The van der Waals surface area contributed by atoms with Crippen LogP contribution in [0.3, 0.4) is 0 Å². The van der Waals surface area contributed by atoms with Gasteiger partial charge in [-0.15, -0.1) is 0 Å². The summed E-state index contributed by atoms with van der Waals surface area (Å²) in [5, 5.41) is 2.74. The molecule has 6 nitrogen and oxygen atoms in total. The fourth-order valence-electron chi connectivity index (χ4n) is 2.06. The summed E-state index contributed by atoms with van der Waals surface area (Å²) >= 11 is 0. The van der Waals surface area contributed by atoms with Crippen LogP contribution in [0.2, 0.25) is 0 Å². The highest BCUT2D eigenvalue weighted by molar-refractivity contribution is 6.04. The monoisotopic (exact) mass is 286 g/mol. The Bertz CT molecular complexity index is 744. The smallest absolute Gasteiger partial charge is 0.257 e. The Morgan fingerprint density at radius 1 is 1.14 bits per heavy atom. The van der Waals surface area contributed by atoms with E-state index in [0.29, 0.717) is 22.7 Å². The molecule has 2 N–H and O–H groups in total. The van der Waals surface area contributed by atoms with E-state index in [-0.39, 0.29) is 11.5 Å². The number of carbonyl (C=O) groups is 1. The molecule has 0 aliphatic carbocycles. The van der Waals surface area contributed by atoms with E-state index < -0.39 is 5.79 Å². The van der Waals surface area contributed by atoms with E-state index in [2.05, 4.69) is 10.3 Å². The van der Waals surface area contributed by atoms with E-state index in [1.807, 2.05) is 13.8 Å². The van der Waals surface area contributed by atoms with E-state index in [1.54, 1.807) is 18.2 Å². The first-order valence-corrected chi connectivity index (χ1v) is 6.45. The Hall–Kier alpha value is -2.76. The van der Waals surface area contributed by atoms with Gasteiger partial charge in [0.25, 0.3) is 5.91 Å². The summed E-state index contributed by atoms with van der Waals surface area (Å²) in [5.41, 5.74) is 0.704. The first-order chi connectivity index (χ1) is 9.93. The lowest BCUT2D eigenvalue weighted by Gasteiger charge is -2.16. The van der Waals surface area contributed by atoms with Crippen LogP contribution in [0.25, 0.3) is 0 Å². The molecule has 1 aromatic heterocycles. The molecule has 2 heterocycles. The van der Waals surface area contributed by atoms with Crippen LogP contribution in [-0.2, 0) is 0 Å². The van der Waals surface area contributed by atoms with Gasteiger partial charge in [0.2, 0.25) is 11.3 Å². The number of nitrogens with one attached hydrogen (secondary N) is 2. The van der Waals surface area contributed by atoms with Crippen LogP contribution in [0.5, 0.6) is 11.5 Å². The maximum atomic E-state index is 12.0. The predicted octanol–water partition coefficient (Wildman–Crippen LogP) is 2.13. The largest absolute Gasteiger partial charge is 0.449 e. The van der Waals surface area contributed by atoms with Crippen molar-refractivity contribution in [1.82, 2.24) is 4.98 Å². The number of amides is 1. The fraction of sp³-hybridized carbons (Fsp3) is 0.200. The van der Waals surface area contributed by atoms with Gasteiger partial charge in [-0.2, -0.15) is 0 Å². The number of hydrogen-bond donors (Lipinski definition) is 2. The van der Waals surface area contributed by atoms with Crippen molar-refractivity contribution in [3.8, 4) is 11.5 Å². The molecule has 2 aromatic rings. The molecule has 1 aliphatic heterocycles. The standard InChI is InChI=1S/C15H14N2O4/c1-15(2)20-11-5-4-10(7-12(11)21-15)17-14(19)9-3-6-13(18)16-8-9/h3-8H,1-2H3,(H,16,18)(H,17,19). The normalized spacial score (nSPS) is 14.8. The van der Waals surface area contributed by atoms with Crippen LogP contribution in [0.15, 0.2) is 41.3 Å². The summed E-state index contributed by atoms with van der Waals surface area (Å²) in [6, 6.07) is 7.94. The number of ether oxygens (including phenoxy) is 2. The van der Waals surface area contributed by atoms with E-state index in [4.69, 9.17) is 9.47 Å². The molecular weight excluding hydrogens is 272 g/mol. The van der Waals surface area contributed by atoms with Crippen molar-refractivity contribution in [2.45, 2.75) is 19.6 Å². The van der Waals surface area contributed by atoms with Gasteiger partial charge in [-0.1, -0.05) is 0 Å². The summed E-state index contributed by atoms with van der Waals surface area (Å²) in [6.45, 7) is 3.62. The van der Waals surface area contributed by atoms with Gasteiger partial charge in [-0.25, -0.2) is 0 Å². The molecule has 0 spiro atoms. The Balaban J connectivity index is 1.79. The highest BCUT2D eigenvalue weighted by atomic mass is 16.7. The molecule has 3 rings (SSSR count). The molecule has 1 aliphatic rings. The third-order valence-electron chi connectivity index (χ3n) is 2.96. The highest BCUT2D eigenvalue weighted by Gasteiger charge is 2.31. The summed E-state index contributed by atoms with van der Waals surface area (Å²) in [4.78, 5) is 25.5. The molecule has 0 unspecified atom stereocenters. The zero-order valence-corrected chi connectivity index (χ0v) is 11.6. The van der Waals surface area contributed by atoms with Gasteiger partial charge in [0.15, 0.2) is 11.5 Å². The second kappa shape index (κ2) is 4.66. The van der Waals surface area contributed by atoms with E-state index in [9.17, 15) is 9.59 Å². The molecule has 0 saturated carbocycles. The molecule has 21 heavy (non-hydrogen) atoms. The molecule has 0 fully saturated rings. The van der Waals surface area contributed by atoms with Crippen LogP contribution in [0.4, 0.5) is 5.69 Å². The third kappa shape index (κ3) is 2.74. The molecule has 1 amide bonds. The van der Waals surface area contributed by atoms with Crippen LogP contribution in [0.1, 0.15) is 24.2 Å². The number of rotatable bonds is 2. The number of H-pyrrole nitrogens is 1. The minimum Gasteiger partial charge on any atom is -0.449 e. The lowest BCUT2D eigenvalue weighted by molar-refractivity contribution is -0.0431. The number of aromatic nitrogens is 1. The average Bonchev–Trinajstić information content (AvgIpc) is 2.72. The van der Waals surface area contributed by atoms with Crippen molar-refractivity contribution in [3.63, 3.8) is 0 Å². The molecule has 0 saturated heterocycles. The van der Waals surface area contributed by atoms with Gasteiger partial charge in [-0.05, 0) is 18.2 Å². The first-order valence-electron chi connectivity index (χ1n) is 6.45. The number of anilines is 1. The molecule has 0 radical (unpaired) electrons. The van der Waals surface area contributed by atoms with Gasteiger partial charge >= 0.3 is 0 Å². The Kier molecular flexibility index (Phi) is 2.94. The zero-order chi connectivity index (χ0) is 15.0. The topological polar surface area (TPSA) is 80.4 Å². The molecule has 6 heteroatoms. The lowest BCUT2D eigenvalue weighted by atomic mass is 10.2. The van der Waals surface area contributed by atoms with Crippen molar-refractivity contribution in [2.24, 2.45) is 0 Å². The minimum atomic E-state index is -0.704. The van der Waals surface area contributed by atoms with Crippen molar-refractivity contribution >= 4 is 11.6 Å². The maximum Gasteiger partial charge on any atom is 0.257 e. The lowest BCUT2D eigenvalue weighted by Crippen LogP contribution is -2.29. The van der Waals surface area contributed by atoms with Gasteiger partial charge in [0.1, 0.15) is 0 Å². The van der Waals surface area contributed by atoms with Crippen LogP contribution < -0.4 is 20.3 Å². The second-order valence-corrected chi connectivity index (χ2v) is 5.16. The van der Waals surface area contributed by atoms with Gasteiger partial charge in [-0.3, -0.25) is 9.59 Å². The van der Waals surface area contributed by atoms with E-state index >= 15 is 0 Å². The molecule has 108 valence electrons. The molecule has 1 aromatic carbocycles. The number of hydrogen-bond acceptors (Lipinski definition) is 4. The Morgan fingerprint density at radius 2 is 1.90 bits per heavy atom. The summed E-state index contributed by atoms with van der Waals surface area (Å²) in [6.07, 6.45) is 1.37. The predicted molar refractivity (Wildman–Crippen MR) is 76.8 cm³/mol. The fourth-order valence-corrected chi connectivity index (χ4v) is 2.06. The summed E-state index contributed by atoms with van der Waals surface area (Å²) < 4.78 is 11.2. The van der Waals surface area contributed by atoms with Gasteiger partial charge in [0, 0.05) is 37.9 Å². The van der Waals surface area contributed by atoms with Crippen molar-refractivity contribution in [1.29, 1.82) is 0 Å². The maximum absolute atomic E-state index is 12.0. The Labute approximate surface area is 120 Å².